The third-order valence-corrected chi connectivity index (χ3v) is 7.31. The lowest BCUT2D eigenvalue weighted by Crippen LogP contribution is -2.70. The number of anilines is 1. The van der Waals surface area contributed by atoms with Crippen LogP contribution >= 0.6 is 11.8 Å². The summed E-state index contributed by atoms with van der Waals surface area (Å²) in [5.41, 5.74) is 0.479. The highest BCUT2D eigenvalue weighted by atomic mass is 32.2. The molecular weight excluding hydrogens is 375 g/mol. The van der Waals surface area contributed by atoms with Crippen LogP contribution in [0.2, 0.25) is 0 Å². The van der Waals surface area contributed by atoms with Gasteiger partial charge in [0.05, 0.1) is 5.75 Å². The Bertz CT molecular complexity index is 912. The van der Waals surface area contributed by atoms with Crippen molar-refractivity contribution in [3.8, 4) is 0 Å². The predicted octanol–water partition coefficient (Wildman–Crippen LogP) is 2.13. The summed E-state index contributed by atoms with van der Waals surface area (Å²) in [6.07, 6.45) is 4.51. The van der Waals surface area contributed by atoms with Gasteiger partial charge in [-0.25, -0.2) is 22.8 Å². The van der Waals surface area contributed by atoms with Gasteiger partial charge in [-0.15, -0.1) is 0 Å². The Kier molecular flexibility index (Phi) is 4.62. The second-order valence-corrected chi connectivity index (χ2v) is 9.21. The molecular formula is C17H19FN4O2S2. The molecule has 9 heteroatoms. The molecule has 0 radical (unpaired) electrons. The summed E-state index contributed by atoms with van der Waals surface area (Å²) in [6, 6.07) is 7.53. The molecule has 1 aromatic heterocycles. The van der Waals surface area contributed by atoms with Crippen molar-refractivity contribution in [1.82, 2.24) is 14.3 Å². The van der Waals surface area contributed by atoms with Crippen molar-refractivity contribution in [2.45, 2.75) is 29.4 Å². The van der Waals surface area contributed by atoms with E-state index >= 15 is 0 Å². The van der Waals surface area contributed by atoms with E-state index in [2.05, 4.69) is 14.9 Å². The minimum absolute atomic E-state index is 0.0556. The lowest BCUT2D eigenvalue weighted by molar-refractivity contribution is 0.0872. The number of hydrogen-bond acceptors (Lipinski definition) is 6. The summed E-state index contributed by atoms with van der Waals surface area (Å²) in [7, 11) is -3.47. The Morgan fingerprint density at radius 1 is 1.27 bits per heavy atom. The van der Waals surface area contributed by atoms with Gasteiger partial charge in [0.25, 0.3) is 0 Å². The molecule has 26 heavy (non-hydrogen) atoms. The smallest absolute Gasteiger partial charge is 0.218 e. The number of hydrogen-bond donors (Lipinski definition) is 0. The van der Waals surface area contributed by atoms with E-state index in [1.807, 2.05) is 12.3 Å². The van der Waals surface area contributed by atoms with Gasteiger partial charge in [0.2, 0.25) is 10.0 Å². The highest BCUT2D eigenvalue weighted by Gasteiger charge is 2.50. The van der Waals surface area contributed by atoms with Gasteiger partial charge in [-0.05, 0) is 36.4 Å². The first-order valence-corrected chi connectivity index (χ1v) is 11.2. The van der Waals surface area contributed by atoms with Crippen LogP contribution in [0.3, 0.4) is 0 Å². The zero-order valence-electron chi connectivity index (χ0n) is 14.2. The topological polar surface area (TPSA) is 66.4 Å². The highest BCUT2D eigenvalue weighted by Crippen LogP contribution is 2.37. The summed E-state index contributed by atoms with van der Waals surface area (Å²) in [4.78, 5) is 10.8. The van der Waals surface area contributed by atoms with Gasteiger partial charge in [-0.1, -0.05) is 23.9 Å². The van der Waals surface area contributed by atoms with Gasteiger partial charge >= 0.3 is 0 Å². The number of nitrogens with zero attached hydrogens (tertiary/aromatic N) is 4. The molecule has 2 unspecified atom stereocenters. The molecule has 3 aliphatic rings. The number of piperazine rings is 1. The number of piperidine rings is 1. The molecule has 3 fully saturated rings. The lowest BCUT2D eigenvalue weighted by atomic mass is 9.91. The maximum Gasteiger partial charge on any atom is 0.218 e. The van der Waals surface area contributed by atoms with Crippen LogP contribution < -0.4 is 4.90 Å². The summed E-state index contributed by atoms with van der Waals surface area (Å²) in [5, 5.41) is 0.706. The Balaban J connectivity index is 1.48. The van der Waals surface area contributed by atoms with E-state index in [0.29, 0.717) is 23.8 Å². The Labute approximate surface area is 156 Å². The largest absolute Gasteiger partial charge is 0.353 e. The first-order chi connectivity index (χ1) is 12.5. The zero-order chi connectivity index (χ0) is 18.3. The fourth-order valence-corrected chi connectivity index (χ4v) is 6.05. The van der Waals surface area contributed by atoms with Gasteiger partial charge in [0.15, 0.2) is 5.16 Å². The maximum atomic E-state index is 13.3. The van der Waals surface area contributed by atoms with Crippen molar-refractivity contribution in [2.24, 2.45) is 0 Å². The fourth-order valence-electron chi connectivity index (χ4n) is 3.73. The molecule has 5 rings (SSSR count). The molecule has 138 valence electrons. The van der Waals surface area contributed by atoms with Gasteiger partial charge in [-0.2, -0.15) is 4.31 Å². The van der Waals surface area contributed by atoms with Gasteiger partial charge < -0.3 is 4.90 Å². The van der Waals surface area contributed by atoms with Crippen LogP contribution in [0.1, 0.15) is 12.0 Å². The fraction of sp³-hybridized carbons (Fsp3) is 0.412. The monoisotopic (exact) mass is 394 g/mol. The van der Waals surface area contributed by atoms with E-state index in [9.17, 15) is 12.8 Å². The van der Waals surface area contributed by atoms with Gasteiger partial charge in [0.1, 0.15) is 11.6 Å². The number of halogens is 1. The molecule has 4 heterocycles. The molecule has 2 aromatic rings. The van der Waals surface area contributed by atoms with Crippen LogP contribution in [0, 0.1) is 5.82 Å². The molecule has 1 aromatic carbocycles. The molecule has 2 bridgehead atoms. The number of benzene rings is 1. The van der Waals surface area contributed by atoms with E-state index in [4.69, 9.17) is 0 Å². The van der Waals surface area contributed by atoms with Crippen LogP contribution in [0.15, 0.2) is 41.7 Å². The second-order valence-electron chi connectivity index (χ2n) is 6.57. The average molecular weight is 394 g/mol. The van der Waals surface area contributed by atoms with Crippen LogP contribution in [0.5, 0.6) is 0 Å². The van der Waals surface area contributed by atoms with Crippen molar-refractivity contribution < 1.29 is 12.8 Å². The Hall–Kier alpha value is -1.71. The van der Waals surface area contributed by atoms with Crippen LogP contribution in [0.25, 0.3) is 0 Å². The molecule has 3 saturated heterocycles. The van der Waals surface area contributed by atoms with Crippen molar-refractivity contribution in [1.29, 1.82) is 0 Å². The first-order valence-electron chi connectivity index (χ1n) is 8.34. The molecule has 6 nitrogen and oxygen atoms in total. The quantitative estimate of drug-likeness (QED) is 0.572. The van der Waals surface area contributed by atoms with Gasteiger partial charge in [-0.3, -0.25) is 0 Å². The summed E-state index contributed by atoms with van der Waals surface area (Å²) >= 11 is 1.48. The van der Waals surface area contributed by atoms with Crippen molar-refractivity contribution >= 4 is 27.6 Å². The molecule has 0 spiro atoms. The Morgan fingerprint density at radius 3 is 2.73 bits per heavy atom. The summed E-state index contributed by atoms with van der Waals surface area (Å²) in [6.45, 7) is 1.23. The number of sulfonamides is 1. The maximum absolute atomic E-state index is 13.3. The number of thioether (sulfide) groups is 1. The number of fused-ring (bicyclic) bond motifs is 2. The minimum Gasteiger partial charge on any atom is -0.353 e. The van der Waals surface area contributed by atoms with Crippen molar-refractivity contribution in [2.75, 3.05) is 24.2 Å². The first kappa shape index (κ1) is 17.7. The Morgan fingerprint density at radius 2 is 2.04 bits per heavy atom. The summed E-state index contributed by atoms with van der Waals surface area (Å²) < 4.78 is 40.6. The van der Waals surface area contributed by atoms with Crippen molar-refractivity contribution in [3.63, 3.8) is 0 Å². The molecule has 0 aliphatic carbocycles. The third kappa shape index (κ3) is 3.30. The van der Waals surface area contributed by atoms with E-state index in [1.165, 1.54) is 30.0 Å². The predicted molar refractivity (Wildman–Crippen MR) is 99.1 cm³/mol. The third-order valence-electron chi connectivity index (χ3n) is 4.81. The van der Waals surface area contributed by atoms with Crippen molar-refractivity contribution in [3.05, 3.63) is 47.9 Å². The molecule has 0 saturated carbocycles. The van der Waals surface area contributed by atoms with Gasteiger partial charge in [0, 0.05) is 31.4 Å². The van der Waals surface area contributed by atoms with E-state index in [-0.39, 0.29) is 17.8 Å². The second kappa shape index (κ2) is 6.79. The average Bonchev–Trinajstić information content (AvgIpc) is 2.61. The molecule has 2 atom stereocenters. The minimum atomic E-state index is -3.47. The standard InChI is InChI=1S/C17H19FN4O2S2/c1-25-17-19-6-5-16(20-17)21-9-14-8-15(10-21)22(14)26(23,24)11-12-3-2-4-13(18)7-12/h2-7,14-15H,8-11H2,1H3. The number of aromatic nitrogens is 2. The number of rotatable bonds is 5. The normalized spacial score (nSPS) is 22.9. The highest BCUT2D eigenvalue weighted by molar-refractivity contribution is 7.98. The van der Waals surface area contributed by atoms with E-state index in [0.717, 1.165) is 12.2 Å². The molecule has 3 aliphatic heterocycles. The van der Waals surface area contributed by atoms with E-state index < -0.39 is 15.8 Å². The summed E-state index contributed by atoms with van der Waals surface area (Å²) in [5.74, 6) is 0.254. The lowest BCUT2D eigenvalue weighted by Gasteiger charge is -2.55. The van der Waals surface area contributed by atoms with E-state index in [1.54, 1.807) is 16.6 Å². The SMILES string of the molecule is CSc1nccc(N2CC3CC(C2)N3S(=O)(=O)Cc2cccc(F)c2)n1. The van der Waals surface area contributed by atoms with Crippen LogP contribution in [-0.2, 0) is 15.8 Å². The van der Waals surface area contributed by atoms with Crippen LogP contribution in [0.4, 0.5) is 10.2 Å². The zero-order valence-corrected chi connectivity index (χ0v) is 15.9. The molecule has 0 amide bonds. The molecule has 0 N–H and O–H groups in total. The van der Waals surface area contributed by atoms with Crippen LogP contribution in [-0.4, -0.2) is 54.1 Å².